The van der Waals surface area contributed by atoms with Crippen LogP contribution in [0.15, 0.2) is 18.2 Å². The number of ether oxygens (including phenoxy) is 1. The number of benzene rings is 1. The van der Waals surface area contributed by atoms with Crippen molar-refractivity contribution in [3.63, 3.8) is 0 Å². The van der Waals surface area contributed by atoms with E-state index < -0.39 is 5.97 Å². The zero-order chi connectivity index (χ0) is 12.8. The van der Waals surface area contributed by atoms with Crippen molar-refractivity contribution in [2.75, 3.05) is 7.11 Å². The molecule has 5 heteroatoms. The van der Waals surface area contributed by atoms with Gasteiger partial charge in [0.15, 0.2) is 17.8 Å². The molecule has 0 heterocycles. The van der Waals surface area contributed by atoms with Crippen LogP contribution in [0.5, 0.6) is 11.5 Å². The first-order valence-corrected chi connectivity index (χ1v) is 4.83. The van der Waals surface area contributed by atoms with Crippen LogP contribution in [0.3, 0.4) is 0 Å². The third-order valence-electron chi connectivity index (χ3n) is 2.14. The number of carbonyl (C=O) groups excluding carboxylic acids is 1. The number of phenols is 1. The minimum absolute atomic E-state index is 0.0750. The summed E-state index contributed by atoms with van der Waals surface area (Å²) >= 11 is 0. The van der Waals surface area contributed by atoms with Gasteiger partial charge in [-0.05, 0) is 11.6 Å². The Morgan fingerprint density at radius 2 is 2.18 bits per heavy atom. The number of aromatic hydroxyl groups is 1. The third-order valence-corrected chi connectivity index (χ3v) is 2.14. The van der Waals surface area contributed by atoms with Crippen LogP contribution in [0.1, 0.15) is 22.3 Å². The van der Waals surface area contributed by atoms with Gasteiger partial charge in [0, 0.05) is 0 Å². The summed E-state index contributed by atoms with van der Waals surface area (Å²) in [6, 6.07) is 3.07. The Kier molecular flexibility index (Phi) is 4.28. The predicted octanol–water partition coefficient (Wildman–Crippen LogP) is 1.70. The molecule has 0 unspecified atom stereocenters. The highest BCUT2D eigenvalue weighted by Crippen LogP contribution is 2.31. The molecule has 0 radical (unpaired) electrons. The normalized spacial score (nSPS) is 10.4. The minimum Gasteiger partial charge on any atom is -0.504 e. The van der Waals surface area contributed by atoms with Crippen molar-refractivity contribution in [3.05, 3.63) is 29.3 Å². The zero-order valence-corrected chi connectivity index (χ0v) is 9.21. The summed E-state index contributed by atoms with van der Waals surface area (Å²) in [6.07, 6.45) is 3.22. The quantitative estimate of drug-likeness (QED) is 0.760. The first kappa shape index (κ1) is 12.8. The summed E-state index contributed by atoms with van der Waals surface area (Å²) < 4.78 is 4.86. The summed E-state index contributed by atoms with van der Waals surface area (Å²) in [4.78, 5) is 21.2. The van der Waals surface area contributed by atoms with Crippen LogP contribution in [0.2, 0.25) is 0 Å². The summed E-state index contributed by atoms with van der Waals surface area (Å²) in [6.45, 7) is 0. The van der Waals surface area contributed by atoms with E-state index in [1.807, 2.05) is 0 Å². The number of carbonyl (C=O) groups is 2. The van der Waals surface area contributed by atoms with Crippen LogP contribution in [-0.2, 0) is 4.79 Å². The van der Waals surface area contributed by atoms with Crippen molar-refractivity contribution in [1.29, 1.82) is 0 Å². The van der Waals surface area contributed by atoms with Crippen molar-refractivity contribution in [2.45, 2.75) is 6.42 Å². The Morgan fingerprint density at radius 3 is 2.71 bits per heavy atom. The maximum atomic E-state index is 10.8. The largest absolute Gasteiger partial charge is 0.504 e. The van der Waals surface area contributed by atoms with E-state index in [4.69, 9.17) is 9.84 Å². The predicted molar refractivity (Wildman–Crippen MR) is 61.3 cm³/mol. The zero-order valence-electron chi connectivity index (χ0n) is 9.21. The Hall–Kier alpha value is -2.30. The van der Waals surface area contributed by atoms with Crippen molar-refractivity contribution in [3.8, 4) is 11.5 Å². The molecule has 0 saturated heterocycles. The number of hydrogen-bond acceptors (Lipinski definition) is 4. The highest BCUT2D eigenvalue weighted by atomic mass is 16.5. The maximum Gasteiger partial charge on any atom is 0.307 e. The molecule has 1 aromatic carbocycles. The highest BCUT2D eigenvalue weighted by Gasteiger charge is 2.10. The van der Waals surface area contributed by atoms with Crippen molar-refractivity contribution >= 4 is 18.3 Å². The fourth-order valence-corrected chi connectivity index (χ4v) is 1.32. The van der Waals surface area contributed by atoms with Gasteiger partial charge >= 0.3 is 5.97 Å². The van der Waals surface area contributed by atoms with Gasteiger partial charge in [0.05, 0.1) is 19.1 Å². The molecule has 0 amide bonds. The van der Waals surface area contributed by atoms with Crippen molar-refractivity contribution in [1.82, 2.24) is 0 Å². The summed E-state index contributed by atoms with van der Waals surface area (Å²) in [5, 5.41) is 18.1. The number of aliphatic carboxylic acids is 1. The number of methoxy groups -OCH3 is 1. The monoisotopic (exact) mass is 236 g/mol. The summed E-state index contributed by atoms with van der Waals surface area (Å²) in [7, 11) is 1.38. The average molecular weight is 236 g/mol. The molecule has 2 N–H and O–H groups in total. The molecule has 1 rings (SSSR count). The molecule has 0 aliphatic heterocycles. The maximum absolute atomic E-state index is 10.8. The molecule has 90 valence electrons. The molecule has 1 aromatic rings. The molecule has 0 spiro atoms. The Balaban J connectivity index is 3.08. The molecule has 0 aromatic heterocycles. The van der Waals surface area contributed by atoms with Crippen LogP contribution >= 0.6 is 0 Å². The smallest absolute Gasteiger partial charge is 0.307 e. The van der Waals surface area contributed by atoms with E-state index in [0.717, 1.165) is 0 Å². The molecular formula is C12H12O5. The summed E-state index contributed by atoms with van der Waals surface area (Å²) in [5.74, 6) is -1.02. The van der Waals surface area contributed by atoms with Crippen molar-refractivity contribution in [2.24, 2.45) is 0 Å². The molecule has 17 heavy (non-hydrogen) atoms. The standard InChI is InChI=1S/C12H12O5/c1-17-10-6-5-8(3-2-4-11(14)15)9(7-13)12(10)16/h2-3,5-7,16H,4H2,1H3,(H,14,15). The first-order chi connectivity index (χ1) is 8.10. The number of aldehydes is 1. The van der Waals surface area contributed by atoms with Gasteiger partial charge in [-0.15, -0.1) is 0 Å². The van der Waals surface area contributed by atoms with Crippen LogP contribution < -0.4 is 4.74 Å². The lowest BCUT2D eigenvalue weighted by atomic mass is 10.1. The van der Waals surface area contributed by atoms with Crippen LogP contribution in [0.4, 0.5) is 0 Å². The van der Waals surface area contributed by atoms with Crippen molar-refractivity contribution < 1.29 is 24.5 Å². The second kappa shape index (κ2) is 5.69. The van der Waals surface area contributed by atoms with Gasteiger partial charge < -0.3 is 14.9 Å². The van der Waals surface area contributed by atoms with E-state index >= 15 is 0 Å². The first-order valence-electron chi connectivity index (χ1n) is 4.83. The van der Waals surface area contributed by atoms with Gasteiger partial charge in [0.2, 0.25) is 0 Å². The van der Waals surface area contributed by atoms with E-state index in [2.05, 4.69) is 0 Å². The van der Waals surface area contributed by atoms with Gasteiger partial charge in [0.25, 0.3) is 0 Å². The Labute approximate surface area is 98.0 Å². The van der Waals surface area contributed by atoms with Crippen LogP contribution in [0, 0.1) is 0 Å². The molecule has 0 atom stereocenters. The topological polar surface area (TPSA) is 83.8 Å². The SMILES string of the molecule is COc1ccc(C=CCC(=O)O)c(C=O)c1O. The van der Waals surface area contributed by atoms with E-state index in [0.29, 0.717) is 11.8 Å². The van der Waals surface area contributed by atoms with Gasteiger partial charge in [-0.2, -0.15) is 0 Å². The van der Waals surface area contributed by atoms with E-state index in [9.17, 15) is 14.7 Å². The van der Waals surface area contributed by atoms with Gasteiger partial charge in [-0.1, -0.05) is 18.2 Å². The fraction of sp³-hybridized carbons (Fsp3) is 0.167. The van der Waals surface area contributed by atoms with Gasteiger partial charge in [-0.3, -0.25) is 9.59 Å². The second-order valence-corrected chi connectivity index (χ2v) is 3.24. The molecule has 0 aliphatic carbocycles. The number of hydrogen-bond donors (Lipinski definition) is 2. The van der Waals surface area contributed by atoms with Gasteiger partial charge in [-0.25, -0.2) is 0 Å². The molecule has 0 bridgehead atoms. The molecule has 0 saturated carbocycles. The second-order valence-electron chi connectivity index (χ2n) is 3.24. The third kappa shape index (κ3) is 3.07. The Morgan fingerprint density at radius 1 is 1.47 bits per heavy atom. The number of carboxylic acids is 1. The molecular weight excluding hydrogens is 224 g/mol. The Bertz CT molecular complexity index is 462. The number of phenolic OH excluding ortho intramolecular Hbond substituents is 1. The minimum atomic E-state index is -0.966. The van der Waals surface area contributed by atoms with E-state index in [1.54, 1.807) is 6.07 Å². The highest BCUT2D eigenvalue weighted by molar-refractivity contribution is 5.87. The van der Waals surface area contributed by atoms with Crippen LogP contribution in [0.25, 0.3) is 6.08 Å². The van der Waals surface area contributed by atoms with Crippen LogP contribution in [-0.4, -0.2) is 29.6 Å². The number of carboxylic acid groups (broad SMARTS) is 1. The molecule has 5 nitrogen and oxygen atoms in total. The van der Waals surface area contributed by atoms with E-state index in [1.165, 1.54) is 25.3 Å². The lowest BCUT2D eigenvalue weighted by Gasteiger charge is -2.07. The summed E-state index contributed by atoms with van der Waals surface area (Å²) in [5.41, 5.74) is 0.519. The lowest BCUT2D eigenvalue weighted by Crippen LogP contribution is -1.93. The molecule has 0 fully saturated rings. The van der Waals surface area contributed by atoms with Gasteiger partial charge in [0.1, 0.15) is 0 Å². The average Bonchev–Trinajstić information content (AvgIpc) is 2.29. The number of rotatable bonds is 5. The fourth-order valence-electron chi connectivity index (χ4n) is 1.32. The lowest BCUT2D eigenvalue weighted by molar-refractivity contribution is -0.135. The molecule has 0 aliphatic rings. The van der Waals surface area contributed by atoms with E-state index in [-0.39, 0.29) is 23.5 Å².